The number of aromatic nitrogens is 2. The van der Waals surface area contributed by atoms with Crippen molar-refractivity contribution in [2.75, 3.05) is 7.11 Å². The Balaban J connectivity index is 2.57. The molecule has 0 spiro atoms. The van der Waals surface area contributed by atoms with Crippen LogP contribution in [0.1, 0.15) is 5.01 Å². The van der Waals surface area contributed by atoms with E-state index in [2.05, 4.69) is 27.6 Å². The Morgan fingerprint density at radius 2 is 2.45 bits per heavy atom. The minimum atomic E-state index is -0.311. The van der Waals surface area contributed by atoms with Gasteiger partial charge in [0.05, 0.1) is 13.5 Å². The maximum absolute atomic E-state index is 10.7. The van der Waals surface area contributed by atoms with Crippen LogP contribution in [0.25, 0.3) is 0 Å². The van der Waals surface area contributed by atoms with Gasteiger partial charge in [-0.2, -0.15) is 0 Å². The molecule has 0 aliphatic rings. The molecule has 0 amide bonds. The van der Waals surface area contributed by atoms with Crippen LogP contribution in [0.4, 0.5) is 0 Å². The van der Waals surface area contributed by atoms with Crippen LogP contribution in [0.2, 0.25) is 0 Å². The van der Waals surface area contributed by atoms with Crippen LogP contribution >= 0.6 is 24.0 Å². The molecule has 11 heavy (non-hydrogen) atoms. The van der Waals surface area contributed by atoms with Crippen molar-refractivity contribution in [2.45, 2.75) is 10.8 Å². The van der Waals surface area contributed by atoms with E-state index >= 15 is 0 Å². The number of thiol groups is 1. The molecule has 6 heteroatoms. The van der Waals surface area contributed by atoms with Gasteiger partial charge < -0.3 is 4.74 Å². The van der Waals surface area contributed by atoms with Crippen LogP contribution in [-0.2, 0) is 16.0 Å². The van der Waals surface area contributed by atoms with Gasteiger partial charge in [-0.1, -0.05) is 11.3 Å². The summed E-state index contributed by atoms with van der Waals surface area (Å²) in [5, 5.41) is 7.95. The number of carbonyl (C=O) groups excluding carboxylic acids is 1. The third-order valence-electron chi connectivity index (χ3n) is 0.979. The normalized spacial score (nSPS) is 9.64. The van der Waals surface area contributed by atoms with Crippen molar-refractivity contribution in [1.29, 1.82) is 0 Å². The first kappa shape index (κ1) is 8.48. The van der Waals surface area contributed by atoms with Crippen molar-refractivity contribution in [1.82, 2.24) is 10.2 Å². The third kappa shape index (κ3) is 2.47. The van der Waals surface area contributed by atoms with Gasteiger partial charge in [-0.25, -0.2) is 0 Å². The zero-order valence-electron chi connectivity index (χ0n) is 5.77. The van der Waals surface area contributed by atoms with Gasteiger partial charge in [0, 0.05) is 0 Å². The van der Waals surface area contributed by atoms with Crippen molar-refractivity contribution in [3.8, 4) is 0 Å². The molecule has 0 fully saturated rings. The number of carbonyl (C=O) groups is 1. The van der Waals surface area contributed by atoms with Crippen molar-refractivity contribution in [3.05, 3.63) is 5.01 Å². The lowest BCUT2D eigenvalue weighted by Gasteiger charge is -1.91. The van der Waals surface area contributed by atoms with Crippen LogP contribution in [0.3, 0.4) is 0 Å². The molecule has 0 bridgehead atoms. The zero-order valence-corrected chi connectivity index (χ0v) is 7.48. The average molecular weight is 190 g/mol. The molecule has 0 atom stereocenters. The molecule has 0 saturated carbocycles. The summed E-state index contributed by atoms with van der Waals surface area (Å²) in [5.74, 6) is -0.311. The second kappa shape index (κ2) is 3.68. The highest BCUT2D eigenvalue weighted by molar-refractivity contribution is 7.82. The standard InChI is InChI=1S/C5H6N2O2S2/c1-9-4(8)2-3-6-7-5(10)11-3/h2H2,1H3,(H,7,10). The summed E-state index contributed by atoms with van der Waals surface area (Å²) in [7, 11) is 1.34. The topological polar surface area (TPSA) is 52.1 Å². The molecule has 0 saturated heterocycles. The number of rotatable bonds is 2. The molecule has 1 aromatic rings. The quantitative estimate of drug-likeness (QED) is 0.546. The molecular weight excluding hydrogens is 184 g/mol. The molecule has 1 aromatic heterocycles. The van der Waals surface area contributed by atoms with Gasteiger partial charge in [0.1, 0.15) is 5.01 Å². The fourth-order valence-corrected chi connectivity index (χ4v) is 1.44. The summed E-state index contributed by atoms with van der Waals surface area (Å²) in [6, 6.07) is 0. The number of methoxy groups -OCH3 is 1. The van der Waals surface area contributed by atoms with Crippen molar-refractivity contribution in [3.63, 3.8) is 0 Å². The van der Waals surface area contributed by atoms with E-state index in [0.29, 0.717) is 9.35 Å². The number of ether oxygens (including phenoxy) is 1. The molecule has 0 unspecified atom stereocenters. The van der Waals surface area contributed by atoms with Gasteiger partial charge >= 0.3 is 5.97 Å². The first-order valence-electron chi connectivity index (χ1n) is 2.80. The number of esters is 1. The van der Waals surface area contributed by atoms with Gasteiger partial charge in [0.25, 0.3) is 0 Å². The van der Waals surface area contributed by atoms with Crippen molar-refractivity contribution in [2.24, 2.45) is 0 Å². The second-order valence-corrected chi connectivity index (χ2v) is 3.52. The largest absolute Gasteiger partial charge is 0.469 e. The Kier molecular flexibility index (Phi) is 2.84. The predicted molar refractivity (Wildman–Crippen MR) is 42.9 cm³/mol. The molecule has 0 N–H and O–H groups in total. The molecular formula is C5H6N2O2S2. The number of nitrogens with zero attached hydrogens (tertiary/aromatic N) is 2. The summed E-state index contributed by atoms with van der Waals surface area (Å²) in [6.45, 7) is 0. The van der Waals surface area contributed by atoms with Crippen LogP contribution in [0.5, 0.6) is 0 Å². The van der Waals surface area contributed by atoms with Gasteiger partial charge in [-0.3, -0.25) is 4.79 Å². The molecule has 1 heterocycles. The second-order valence-electron chi connectivity index (χ2n) is 1.73. The Hall–Kier alpha value is -0.620. The maximum atomic E-state index is 10.7. The SMILES string of the molecule is COC(=O)Cc1nnc(S)s1. The number of hydrogen-bond acceptors (Lipinski definition) is 6. The molecule has 0 radical (unpaired) electrons. The van der Waals surface area contributed by atoms with Crippen LogP contribution in [-0.4, -0.2) is 23.3 Å². The van der Waals surface area contributed by atoms with Crippen molar-refractivity contribution < 1.29 is 9.53 Å². The van der Waals surface area contributed by atoms with Gasteiger partial charge in [0.2, 0.25) is 0 Å². The lowest BCUT2D eigenvalue weighted by atomic mass is 10.5. The highest BCUT2D eigenvalue weighted by Crippen LogP contribution is 2.13. The van der Waals surface area contributed by atoms with E-state index in [4.69, 9.17) is 0 Å². The van der Waals surface area contributed by atoms with Crippen molar-refractivity contribution >= 4 is 29.9 Å². The zero-order chi connectivity index (χ0) is 8.27. The Morgan fingerprint density at radius 1 is 1.73 bits per heavy atom. The summed E-state index contributed by atoms with van der Waals surface area (Å²) in [4.78, 5) is 10.7. The molecule has 0 aromatic carbocycles. The Morgan fingerprint density at radius 3 is 2.91 bits per heavy atom. The van der Waals surface area contributed by atoms with Crippen LogP contribution in [0, 0.1) is 0 Å². The van der Waals surface area contributed by atoms with Gasteiger partial charge in [0.15, 0.2) is 4.34 Å². The highest BCUT2D eigenvalue weighted by Gasteiger charge is 2.06. The Labute approximate surface area is 73.0 Å². The van der Waals surface area contributed by atoms with E-state index in [1.807, 2.05) is 0 Å². The molecule has 0 aliphatic carbocycles. The lowest BCUT2D eigenvalue weighted by molar-refractivity contribution is -0.139. The predicted octanol–water partition coefficient (Wildman–Crippen LogP) is 0.542. The molecule has 4 nitrogen and oxygen atoms in total. The fraction of sp³-hybridized carbons (Fsp3) is 0.400. The van der Waals surface area contributed by atoms with E-state index < -0.39 is 0 Å². The third-order valence-corrected chi connectivity index (χ3v) is 2.07. The maximum Gasteiger partial charge on any atom is 0.312 e. The molecule has 60 valence electrons. The monoisotopic (exact) mass is 190 g/mol. The van der Waals surface area contributed by atoms with E-state index in [1.54, 1.807) is 0 Å². The summed E-state index contributed by atoms with van der Waals surface area (Å²) < 4.78 is 5.00. The summed E-state index contributed by atoms with van der Waals surface area (Å²) in [6.07, 6.45) is 0.175. The van der Waals surface area contributed by atoms with E-state index in [-0.39, 0.29) is 12.4 Å². The minimum Gasteiger partial charge on any atom is -0.469 e. The van der Waals surface area contributed by atoms with Crippen LogP contribution < -0.4 is 0 Å². The number of hydrogen-bond donors (Lipinski definition) is 1. The molecule has 0 aliphatic heterocycles. The first-order chi connectivity index (χ1) is 5.22. The first-order valence-corrected chi connectivity index (χ1v) is 4.07. The van der Waals surface area contributed by atoms with Gasteiger partial charge in [-0.15, -0.1) is 22.8 Å². The van der Waals surface area contributed by atoms with E-state index in [0.717, 1.165) is 0 Å². The summed E-state index contributed by atoms with van der Waals surface area (Å²) >= 11 is 5.22. The van der Waals surface area contributed by atoms with E-state index in [1.165, 1.54) is 18.4 Å². The van der Waals surface area contributed by atoms with Gasteiger partial charge in [-0.05, 0) is 0 Å². The fourth-order valence-electron chi connectivity index (χ4n) is 0.512. The summed E-state index contributed by atoms with van der Waals surface area (Å²) in [5.41, 5.74) is 0. The smallest absolute Gasteiger partial charge is 0.312 e. The minimum absolute atomic E-state index is 0.175. The highest BCUT2D eigenvalue weighted by atomic mass is 32.2. The van der Waals surface area contributed by atoms with Crippen LogP contribution in [0.15, 0.2) is 4.34 Å². The lowest BCUT2D eigenvalue weighted by Crippen LogP contribution is -2.03. The molecule has 1 rings (SSSR count). The Bertz CT molecular complexity index is 261. The van der Waals surface area contributed by atoms with E-state index in [9.17, 15) is 4.79 Å². The average Bonchev–Trinajstić information content (AvgIpc) is 2.35.